The molecule has 0 spiro atoms. The molecule has 0 unspecified atom stereocenters. The predicted octanol–water partition coefficient (Wildman–Crippen LogP) is 1.20. The van der Waals surface area contributed by atoms with E-state index >= 15 is 0 Å². The summed E-state index contributed by atoms with van der Waals surface area (Å²) in [7, 11) is -7.14. The van der Waals surface area contributed by atoms with E-state index in [2.05, 4.69) is 4.72 Å². The summed E-state index contributed by atoms with van der Waals surface area (Å²) in [5.74, 6) is -0.344. The van der Waals surface area contributed by atoms with E-state index in [1.165, 1.54) is 15.3 Å². The largest absolute Gasteiger partial charge is 0.336 e. The molecular weight excluding hydrogens is 402 g/mol. The highest BCUT2D eigenvalue weighted by Crippen LogP contribution is 2.21. The highest BCUT2D eigenvalue weighted by molar-refractivity contribution is 7.92. The summed E-state index contributed by atoms with van der Waals surface area (Å²) in [5.41, 5.74) is 0.432. The molecule has 2 aromatic rings. The molecule has 0 atom stereocenters. The van der Waals surface area contributed by atoms with Crippen molar-refractivity contribution in [3.05, 3.63) is 60.2 Å². The molecule has 1 fully saturated rings. The summed E-state index contributed by atoms with van der Waals surface area (Å²) in [6.07, 6.45) is 1.02. The zero-order chi connectivity index (χ0) is 20.4. The molecule has 1 aliphatic rings. The summed E-state index contributed by atoms with van der Waals surface area (Å²) in [5, 5.41) is 0. The number of carbonyl (C=O) groups excluding carboxylic acids is 1. The van der Waals surface area contributed by atoms with Gasteiger partial charge in [-0.3, -0.25) is 9.52 Å². The SMILES string of the molecule is CS(=O)(=O)Nc1ccccc1C(=O)N1CCN(S(=O)(=O)c2ccccc2)CC1. The Balaban J connectivity index is 1.73. The molecule has 1 amide bonds. The van der Waals surface area contributed by atoms with Crippen LogP contribution in [0.3, 0.4) is 0 Å². The van der Waals surface area contributed by atoms with Crippen molar-refractivity contribution in [1.29, 1.82) is 0 Å². The highest BCUT2D eigenvalue weighted by atomic mass is 32.2. The monoisotopic (exact) mass is 423 g/mol. The number of amides is 1. The lowest BCUT2D eigenvalue weighted by Gasteiger charge is -2.34. The fourth-order valence-electron chi connectivity index (χ4n) is 3.00. The van der Waals surface area contributed by atoms with Gasteiger partial charge in [-0.2, -0.15) is 4.31 Å². The molecule has 28 heavy (non-hydrogen) atoms. The van der Waals surface area contributed by atoms with Crippen LogP contribution in [0.2, 0.25) is 0 Å². The van der Waals surface area contributed by atoms with Crippen LogP contribution in [0.4, 0.5) is 5.69 Å². The first kappa shape index (κ1) is 20.3. The lowest BCUT2D eigenvalue weighted by Crippen LogP contribution is -2.50. The second-order valence-corrected chi connectivity index (χ2v) is 10.1. The van der Waals surface area contributed by atoms with Gasteiger partial charge in [0.15, 0.2) is 0 Å². The topological polar surface area (TPSA) is 104 Å². The van der Waals surface area contributed by atoms with Gasteiger partial charge in [0.05, 0.1) is 22.4 Å². The Morgan fingerprint density at radius 2 is 1.43 bits per heavy atom. The minimum Gasteiger partial charge on any atom is -0.336 e. The second kappa shape index (κ2) is 7.90. The van der Waals surface area contributed by atoms with Crippen molar-refractivity contribution in [3.63, 3.8) is 0 Å². The van der Waals surface area contributed by atoms with Gasteiger partial charge in [-0.25, -0.2) is 16.8 Å². The van der Waals surface area contributed by atoms with E-state index < -0.39 is 20.0 Å². The molecule has 0 bridgehead atoms. The average Bonchev–Trinajstić information content (AvgIpc) is 2.67. The summed E-state index contributed by atoms with van der Waals surface area (Å²) in [6, 6.07) is 14.5. The van der Waals surface area contributed by atoms with Crippen LogP contribution in [-0.4, -0.2) is 64.4 Å². The summed E-state index contributed by atoms with van der Waals surface area (Å²) >= 11 is 0. The van der Waals surface area contributed by atoms with Crippen molar-refractivity contribution >= 4 is 31.6 Å². The van der Waals surface area contributed by atoms with Crippen molar-refractivity contribution in [1.82, 2.24) is 9.21 Å². The number of hydrogen-bond acceptors (Lipinski definition) is 5. The molecule has 1 heterocycles. The maximum absolute atomic E-state index is 12.9. The average molecular weight is 424 g/mol. The molecule has 0 saturated carbocycles. The van der Waals surface area contributed by atoms with Gasteiger partial charge in [0.2, 0.25) is 20.0 Å². The Kier molecular flexibility index (Phi) is 5.73. The number of nitrogens with zero attached hydrogens (tertiary/aromatic N) is 2. The first-order valence-corrected chi connectivity index (χ1v) is 11.9. The van der Waals surface area contributed by atoms with Gasteiger partial charge in [0.1, 0.15) is 0 Å². The van der Waals surface area contributed by atoms with Gasteiger partial charge >= 0.3 is 0 Å². The Morgan fingerprint density at radius 1 is 0.857 bits per heavy atom. The molecule has 3 rings (SSSR count). The van der Waals surface area contributed by atoms with Crippen LogP contribution < -0.4 is 4.72 Å². The van der Waals surface area contributed by atoms with Crippen LogP contribution in [0.15, 0.2) is 59.5 Å². The minimum absolute atomic E-state index is 0.171. The highest BCUT2D eigenvalue weighted by Gasteiger charge is 2.31. The number of anilines is 1. The molecule has 0 aliphatic carbocycles. The van der Waals surface area contributed by atoms with Crippen LogP contribution >= 0.6 is 0 Å². The van der Waals surface area contributed by atoms with Crippen LogP contribution in [0.5, 0.6) is 0 Å². The second-order valence-electron chi connectivity index (χ2n) is 6.43. The molecule has 1 aliphatic heterocycles. The Labute approximate surface area is 164 Å². The maximum Gasteiger partial charge on any atom is 0.256 e. The van der Waals surface area contributed by atoms with E-state index in [1.807, 2.05) is 0 Å². The first-order chi connectivity index (χ1) is 13.2. The third-order valence-corrected chi connectivity index (χ3v) is 6.86. The van der Waals surface area contributed by atoms with E-state index in [0.717, 1.165) is 6.26 Å². The van der Waals surface area contributed by atoms with Crippen LogP contribution in [-0.2, 0) is 20.0 Å². The van der Waals surface area contributed by atoms with Crippen LogP contribution in [0.25, 0.3) is 0 Å². The van der Waals surface area contributed by atoms with Gasteiger partial charge in [0.25, 0.3) is 5.91 Å². The van der Waals surface area contributed by atoms with E-state index in [0.29, 0.717) is 0 Å². The van der Waals surface area contributed by atoms with Crippen LogP contribution in [0, 0.1) is 0 Å². The van der Waals surface area contributed by atoms with Crippen molar-refractivity contribution in [3.8, 4) is 0 Å². The number of benzene rings is 2. The quantitative estimate of drug-likeness (QED) is 0.778. The number of hydrogen-bond donors (Lipinski definition) is 1. The standard InChI is InChI=1S/C18H21N3O5S2/c1-27(23,24)19-17-10-6-5-9-16(17)18(22)20-11-13-21(14-12-20)28(25,26)15-7-3-2-4-8-15/h2-10,19H,11-14H2,1H3. The fraction of sp³-hybridized carbons (Fsp3) is 0.278. The third kappa shape index (κ3) is 4.51. The van der Waals surface area contributed by atoms with Crippen molar-refractivity contribution in [2.24, 2.45) is 0 Å². The van der Waals surface area contributed by atoms with Gasteiger partial charge in [-0.05, 0) is 24.3 Å². The van der Waals surface area contributed by atoms with E-state index in [1.54, 1.807) is 48.5 Å². The lowest BCUT2D eigenvalue weighted by atomic mass is 10.1. The Morgan fingerprint density at radius 3 is 2.04 bits per heavy atom. The number of para-hydroxylation sites is 1. The van der Waals surface area contributed by atoms with Crippen molar-refractivity contribution < 1.29 is 21.6 Å². The van der Waals surface area contributed by atoms with Crippen molar-refractivity contribution in [2.75, 3.05) is 37.2 Å². The molecule has 0 radical (unpaired) electrons. The van der Waals surface area contributed by atoms with Gasteiger partial charge < -0.3 is 4.90 Å². The molecule has 1 saturated heterocycles. The lowest BCUT2D eigenvalue weighted by molar-refractivity contribution is 0.0699. The first-order valence-electron chi connectivity index (χ1n) is 8.60. The van der Waals surface area contributed by atoms with Gasteiger partial charge in [-0.1, -0.05) is 30.3 Å². The molecule has 2 aromatic carbocycles. The van der Waals surface area contributed by atoms with Crippen molar-refractivity contribution in [2.45, 2.75) is 4.90 Å². The van der Waals surface area contributed by atoms with E-state index in [-0.39, 0.29) is 48.2 Å². The smallest absolute Gasteiger partial charge is 0.256 e. The molecule has 150 valence electrons. The third-order valence-electron chi connectivity index (χ3n) is 4.36. The maximum atomic E-state index is 12.9. The van der Waals surface area contributed by atoms with E-state index in [4.69, 9.17) is 0 Å². The van der Waals surface area contributed by atoms with Gasteiger partial charge in [0, 0.05) is 26.2 Å². The summed E-state index contributed by atoms with van der Waals surface area (Å²) in [6.45, 7) is 0.783. The molecule has 1 N–H and O–H groups in total. The predicted molar refractivity (Wildman–Crippen MR) is 106 cm³/mol. The molecule has 10 heteroatoms. The minimum atomic E-state index is -3.60. The number of nitrogens with one attached hydrogen (secondary N) is 1. The zero-order valence-corrected chi connectivity index (χ0v) is 16.9. The fourth-order valence-corrected chi connectivity index (χ4v) is 5.02. The molecule has 8 nitrogen and oxygen atoms in total. The number of piperazine rings is 1. The van der Waals surface area contributed by atoms with Gasteiger partial charge in [-0.15, -0.1) is 0 Å². The number of carbonyl (C=O) groups is 1. The van der Waals surface area contributed by atoms with Crippen LogP contribution in [0.1, 0.15) is 10.4 Å². The zero-order valence-electron chi connectivity index (χ0n) is 15.3. The number of sulfonamides is 2. The summed E-state index contributed by atoms with van der Waals surface area (Å²) < 4.78 is 52.1. The molecular formula is C18H21N3O5S2. The normalized spacial score (nSPS) is 16.0. The van der Waals surface area contributed by atoms with E-state index in [9.17, 15) is 21.6 Å². The Hall–Kier alpha value is -2.43. The Bertz CT molecular complexity index is 1060. The number of rotatable bonds is 5. The summed E-state index contributed by atoms with van der Waals surface area (Å²) in [4.78, 5) is 14.6. The molecule has 0 aromatic heterocycles.